The Morgan fingerprint density at radius 3 is 2.42 bits per heavy atom. The molecule has 4 heteroatoms. The maximum atomic E-state index is 6.11. The molecule has 0 spiro atoms. The predicted octanol–water partition coefficient (Wildman–Crippen LogP) is 2.32. The third-order valence-corrected chi connectivity index (χ3v) is 3.63. The molecular weight excluding hydrogens is 242 g/mol. The van der Waals surface area contributed by atoms with Crippen LogP contribution in [-0.2, 0) is 10.3 Å². The Balaban J connectivity index is 2.34. The van der Waals surface area contributed by atoms with Crippen LogP contribution in [0.15, 0.2) is 18.2 Å². The summed E-state index contributed by atoms with van der Waals surface area (Å²) in [5, 5.41) is 3.51. The van der Waals surface area contributed by atoms with Gasteiger partial charge in [0.05, 0.1) is 20.8 Å². The Bertz CT molecular complexity index is 447. The van der Waals surface area contributed by atoms with Crippen molar-refractivity contribution in [2.45, 2.75) is 31.9 Å². The van der Waals surface area contributed by atoms with Crippen molar-refractivity contribution in [3.8, 4) is 11.5 Å². The first kappa shape index (κ1) is 14.2. The molecule has 1 aromatic carbocycles. The van der Waals surface area contributed by atoms with Gasteiger partial charge in [0.15, 0.2) is 0 Å². The molecule has 2 rings (SSSR count). The van der Waals surface area contributed by atoms with Gasteiger partial charge in [0.2, 0.25) is 0 Å². The third-order valence-electron chi connectivity index (χ3n) is 3.63. The van der Waals surface area contributed by atoms with Crippen LogP contribution in [-0.4, -0.2) is 32.9 Å². The number of rotatable bonds is 3. The van der Waals surface area contributed by atoms with Crippen LogP contribution in [0.25, 0.3) is 0 Å². The molecule has 0 aromatic heterocycles. The van der Waals surface area contributed by atoms with Gasteiger partial charge in [-0.3, -0.25) is 0 Å². The van der Waals surface area contributed by atoms with E-state index in [0.29, 0.717) is 6.61 Å². The van der Waals surface area contributed by atoms with E-state index in [4.69, 9.17) is 14.2 Å². The molecule has 19 heavy (non-hydrogen) atoms. The summed E-state index contributed by atoms with van der Waals surface area (Å²) in [5.74, 6) is 1.63. The minimum atomic E-state index is -0.407. The van der Waals surface area contributed by atoms with Crippen molar-refractivity contribution >= 4 is 0 Å². The summed E-state index contributed by atoms with van der Waals surface area (Å²) in [4.78, 5) is 0. The van der Waals surface area contributed by atoms with Crippen LogP contribution in [0, 0.1) is 0 Å². The van der Waals surface area contributed by atoms with Gasteiger partial charge < -0.3 is 19.5 Å². The quantitative estimate of drug-likeness (QED) is 0.910. The number of benzene rings is 1. The van der Waals surface area contributed by atoms with Crippen LogP contribution < -0.4 is 14.8 Å². The number of hydrogen-bond acceptors (Lipinski definition) is 4. The summed E-state index contributed by atoms with van der Waals surface area (Å²) in [6, 6.07) is 5.80. The summed E-state index contributed by atoms with van der Waals surface area (Å²) in [6.45, 7) is 7.74. The highest BCUT2D eigenvalue weighted by Crippen LogP contribution is 2.37. The van der Waals surface area contributed by atoms with E-state index in [1.54, 1.807) is 14.2 Å². The number of morpholine rings is 1. The number of ether oxygens (including phenoxy) is 3. The molecule has 1 unspecified atom stereocenters. The number of methoxy groups -OCH3 is 2. The van der Waals surface area contributed by atoms with Gasteiger partial charge in [-0.2, -0.15) is 0 Å². The standard InChI is InChI=1S/C15H23NO3/c1-14(2)10-19-15(3,9-16-14)12-8-11(17-4)6-7-13(12)18-5/h6-8,16H,9-10H2,1-5H3. The Kier molecular flexibility index (Phi) is 3.74. The van der Waals surface area contributed by atoms with E-state index < -0.39 is 5.60 Å². The van der Waals surface area contributed by atoms with Crippen molar-refractivity contribution in [1.82, 2.24) is 5.32 Å². The minimum absolute atomic E-state index is 0.00557. The fraction of sp³-hybridized carbons (Fsp3) is 0.600. The molecule has 1 aliphatic heterocycles. The van der Waals surface area contributed by atoms with Gasteiger partial charge in [-0.1, -0.05) is 0 Å². The average molecular weight is 265 g/mol. The smallest absolute Gasteiger partial charge is 0.125 e. The first-order valence-corrected chi connectivity index (χ1v) is 6.52. The van der Waals surface area contributed by atoms with E-state index in [2.05, 4.69) is 26.1 Å². The monoisotopic (exact) mass is 265 g/mol. The average Bonchev–Trinajstić information content (AvgIpc) is 2.42. The van der Waals surface area contributed by atoms with Gasteiger partial charge in [-0.25, -0.2) is 0 Å². The molecule has 1 N–H and O–H groups in total. The van der Waals surface area contributed by atoms with Crippen LogP contribution >= 0.6 is 0 Å². The first-order valence-electron chi connectivity index (χ1n) is 6.52. The van der Waals surface area contributed by atoms with Crippen molar-refractivity contribution in [2.75, 3.05) is 27.4 Å². The summed E-state index contributed by atoms with van der Waals surface area (Å²) >= 11 is 0. The highest BCUT2D eigenvalue weighted by atomic mass is 16.5. The van der Waals surface area contributed by atoms with Crippen LogP contribution in [0.5, 0.6) is 11.5 Å². The van der Waals surface area contributed by atoms with Crippen molar-refractivity contribution in [3.05, 3.63) is 23.8 Å². The van der Waals surface area contributed by atoms with Crippen molar-refractivity contribution in [1.29, 1.82) is 0 Å². The lowest BCUT2D eigenvalue weighted by atomic mass is 9.90. The summed E-state index contributed by atoms with van der Waals surface area (Å²) in [6.07, 6.45) is 0. The lowest BCUT2D eigenvalue weighted by Crippen LogP contribution is -2.56. The molecular formula is C15H23NO3. The van der Waals surface area contributed by atoms with Crippen LogP contribution in [0.4, 0.5) is 0 Å². The lowest BCUT2D eigenvalue weighted by Gasteiger charge is -2.43. The molecule has 1 atom stereocenters. The second-order valence-electron chi connectivity index (χ2n) is 5.82. The van der Waals surface area contributed by atoms with Gasteiger partial charge in [-0.05, 0) is 39.0 Å². The molecule has 106 valence electrons. The van der Waals surface area contributed by atoms with Gasteiger partial charge >= 0.3 is 0 Å². The van der Waals surface area contributed by atoms with E-state index in [9.17, 15) is 0 Å². The van der Waals surface area contributed by atoms with E-state index in [1.165, 1.54) is 0 Å². The maximum Gasteiger partial charge on any atom is 0.125 e. The lowest BCUT2D eigenvalue weighted by molar-refractivity contribution is -0.0959. The van der Waals surface area contributed by atoms with Gasteiger partial charge in [0, 0.05) is 17.6 Å². The molecule has 1 fully saturated rings. The van der Waals surface area contributed by atoms with Crippen LogP contribution in [0.1, 0.15) is 26.3 Å². The van der Waals surface area contributed by atoms with Gasteiger partial charge in [0.25, 0.3) is 0 Å². The zero-order valence-electron chi connectivity index (χ0n) is 12.4. The molecule has 1 saturated heterocycles. The fourth-order valence-electron chi connectivity index (χ4n) is 2.25. The Morgan fingerprint density at radius 2 is 1.89 bits per heavy atom. The van der Waals surface area contributed by atoms with Gasteiger partial charge in [0.1, 0.15) is 17.1 Å². The second kappa shape index (κ2) is 5.02. The van der Waals surface area contributed by atoms with E-state index in [1.807, 2.05) is 18.2 Å². The Labute approximate surface area is 115 Å². The summed E-state index contributed by atoms with van der Waals surface area (Å²) < 4.78 is 16.9. The second-order valence-corrected chi connectivity index (χ2v) is 5.82. The zero-order valence-corrected chi connectivity index (χ0v) is 12.4. The Hall–Kier alpha value is -1.26. The van der Waals surface area contributed by atoms with Gasteiger partial charge in [-0.15, -0.1) is 0 Å². The van der Waals surface area contributed by atoms with E-state index in [0.717, 1.165) is 23.6 Å². The largest absolute Gasteiger partial charge is 0.497 e. The van der Waals surface area contributed by atoms with Crippen molar-refractivity contribution in [2.24, 2.45) is 0 Å². The maximum absolute atomic E-state index is 6.11. The van der Waals surface area contributed by atoms with E-state index >= 15 is 0 Å². The Morgan fingerprint density at radius 1 is 1.16 bits per heavy atom. The molecule has 0 bridgehead atoms. The molecule has 1 aromatic rings. The van der Waals surface area contributed by atoms with Crippen molar-refractivity contribution in [3.63, 3.8) is 0 Å². The first-order chi connectivity index (χ1) is 8.90. The molecule has 1 aliphatic rings. The molecule has 0 saturated carbocycles. The topological polar surface area (TPSA) is 39.7 Å². The summed E-state index contributed by atoms with van der Waals surface area (Å²) in [7, 11) is 3.34. The summed E-state index contributed by atoms with van der Waals surface area (Å²) in [5.41, 5.74) is 0.610. The molecule has 0 radical (unpaired) electrons. The van der Waals surface area contributed by atoms with Crippen LogP contribution in [0.2, 0.25) is 0 Å². The molecule has 4 nitrogen and oxygen atoms in total. The minimum Gasteiger partial charge on any atom is -0.497 e. The normalized spacial score (nSPS) is 25.9. The van der Waals surface area contributed by atoms with Crippen LogP contribution in [0.3, 0.4) is 0 Å². The predicted molar refractivity (Wildman–Crippen MR) is 74.9 cm³/mol. The SMILES string of the molecule is COc1ccc(OC)c(C2(C)CNC(C)(C)CO2)c1. The fourth-order valence-corrected chi connectivity index (χ4v) is 2.25. The third kappa shape index (κ3) is 2.85. The molecule has 1 heterocycles. The van der Waals surface area contributed by atoms with Crippen molar-refractivity contribution < 1.29 is 14.2 Å². The number of hydrogen-bond donors (Lipinski definition) is 1. The molecule has 0 amide bonds. The highest BCUT2D eigenvalue weighted by molar-refractivity contribution is 5.44. The molecule has 0 aliphatic carbocycles. The zero-order chi connectivity index (χ0) is 14.1. The highest BCUT2D eigenvalue weighted by Gasteiger charge is 2.38. The number of nitrogens with one attached hydrogen (secondary N) is 1. The van der Waals surface area contributed by atoms with E-state index in [-0.39, 0.29) is 5.54 Å².